The molecule has 0 unspecified atom stereocenters. The summed E-state index contributed by atoms with van der Waals surface area (Å²) in [4.78, 5) is 26.6. The molecule has 0 radical (unpaired) electrons. The topological polar surface area (TPSA) is 67.4 Å². The standard InChI is InChI=1S/C21H22N2O3S/c24-19(22-12-15-4-3-9-27-15)17-10-14-8-7-13(17)11-21(14)23-20(25)16-5-1-2-6-18(16)26-21/h1-6,9,13-14,17H,7-8,10-12H2,(H,22,24)(H,23,25)/t13-,14-,17+,21-/m1/s1. The second-order valence-electron chi connectivity index (χ2n) is 7.82. The van der Waals surface area contributed by atoms with Crippen LogP contribution >= 0.6 is 11.3 Å². The number of benzene rings is 1. The Balaban J connectivity index is 1.32. The number of hydrogen-bond acceptors (Lipinski definition) is 4. The quantitative estimate of drug-likeness (QED) is 0.856. The van der Waals surface area contributed by atoms with Gasteiger partial charge in [-0.2, -0.15) is 0 Å². The number of carbonyl (C=O) groups excluding carboxylic acids is 2. The van der Waals surface area contributed by atoms with E-state index in [1.165, 1.54) is 4.88 Å². The van der Waals surface area contributed by atoms with Gasteiger partial charge >= 0.3 is 0 Å². The van der Waals surface area contributed by atoms with Gasteiger partial charge in [0.25, 0.3) is 5.91 Å². The first-order valence-electron chi connectivity index (χ1n) is 9.55. The van der Waals surface area contributed by atoms with Crippen molar-refractivity contribution >= 4 is 23.2 Å². The molecule has 3 fully saturated rings. The maximum Gasteiger partial charge on any atom is 0.258 e. The molecule has 0 saturated heterocycles. The van der Waals surface area contributed by atoms with E-state index in [2.05, 4.69) is 10.6 Å². The molecule has 2 N–H and O–H groups in total. The van der Waals surface area contributed by atoms with Crippen LogP contribution in [0.5, 0.6) is 5.75 Å². The van der Waals surface area contributed by atoms with Gasteiger partial charge in [-0.1, -0.05) is 18.2 Å². The molecule has 6 heteroatoms. The lowest BCUT2D eigenvalue weighted by atomic mass is 9.60. The minimum absolute atomic E-state index is 0.00649. The predicted octanol–water partition coefficient (Wildman–Crippen LogP) is 3.32. The van der Waals surface area contributed by atoms with Gasteiger partial charge in [-0.05, 0) is 48.8 Å². The van der Waals surface area contributed by atoms with Crippen LogP contribution in [0, 0.1) is 17.8 Å². The molecule has 140 valence electrons. The maximum absolute atomic E-state index is 12.8. The van der Waals surface area contributed by atoms with Crippen LogP contribution in [0.3, 0.4) is 0 Å². The smallest absolute Gasteiger partial charge is 0.258 e. The number of amides is 2. The number of rotatable bonds is 3. The number of ether oxygens (including phenoxy) is 1. The number of para-hydroxylation sites is 1. The molecule has 1 spiro atoms. The summed E-state index contributed by atoms with van der Waals surface area (Å²) in [6.07, 6.45) is 3.48. The fourth-order valence-corrected chi connectivity index (χ4v) is 5.64. The minimum atomic E-state index is -0.654. The summed E-state index contributed by atoms with van der Waals surface area (Å²) in [6, 6.07) is 11.4. The predicted molar refractivity (Wildman–Crippen MR) is 102 cm³/mol. The Bertz CT molecular complexity index is 881. The van der Waals surface area contributed by atoms with Crippen LogP contribution in [0.2, 0.25) is 0 Å². The molecule has 27 heavy (non-hydrogen) atoms. The third kappa shape index (κ3) is 2.83. The Morgan fingerprint density at radius 1 is 1.26 bits per heavy atom. The molecule has 2 bridgehead atoms. The SMILES string of the molecule is O=C1N[C@]2(C[C@H]3CC[C@@H]2C[C@@H]3C(=O)NCc2cccs2)Oc2ccccc21. The van der Waals surface area contributed by atoms with Gasteiger partial charge in [-0.25, -0.2) is 0 Å². The van der Waals surface area contributed by atoms with Crippen molar-refractivity contribution in [1.29, 1.82) is 0 Å². The molecule has 2 heterocycles. The molecular formula is C21H22N2O3S. The van der Waals surface area contributed by atoms with E-state index in [0.717, 1.165) is 19.3 Å². The van der Waals surface area contributed by atoms with Gasteiger partial charge in [-0.3, -0.25) is 9.59 Å². The van der Waals surface area contributed by atoms with Crippen LogP contribution in [0.1, 0.15) is 40.9 Å². The number of nitrogens with one attached hydrogen (secondary N) is 2. The molecule has 2 aromatic rings. The van der Waals surface area contributed by atoms with Crippen LogP contribution in [-0.2, 0) is 11.3 Å². The Kier molecular flexibility index (Phi) is 3.97. The first kappa shape index (κ1) is 16.8. The van der Waals surface area contributed by atoms with Gasteiger partial charge < -0.3 is 15.4 Å². The summed E-state index contributed by atoms with van der Waals surface area (Å²) in [5, 5.41) is 8.26. The fraction of sp³-hybridized carbons (Fsp3) is 0.429. The minimum Gasteiger partial charge on any atom is -0.467 e. The lowest BCUT2D eigenvalue weighted by molar-refractivity contribution is -0.146. The molecule has 1 aliphatic heterocycles. The third-order valence-corrected chi connectivity index (χ3v) is 7.20. The van der Waals surface area contributed by atoms with Crippen molar-refractivity contribution in [2.75, 3.05) is 0 Å². The number of fused-ring (bicyclic) bond motifs is 3. The van der Waals surface area contributed by atoms with Crippen LogP contribution in [0.4, 0.5) is 0 Å². The normalized spacial score (nSPS) is 31.1. The van der Waals surface area contributed by atoms with E-state index in [4.69, 9.17) is 4.74 Å². The average Bonchev–Trinajstić information content (AvgIpc) is 3.20. The number of carbonyl (C=O) groups is 2. The second kappa shape index (κ2) is 6.37. The van der Waals surface area contributed by atoms with Gasteiger partial charge in [0.1, 0.15) is 5.75 Å². The van der Waals surface area contributed by atoms with Gasteiger partial charge in [-0.15, -0.1) is 11.3 Å². The van der Waals surface area contributed by atoms with E-state index in [-0.39, 0.29) is 29.6 Å². The second-order valence-corrected chi connectivity index (χ2v) is 8.85. The Labute approximate surface area is 162 Å². The zero-order valence-corrected chi connectivity index (χ0v) is 15.8. The van der Waals surface area contributed by atoms with E-state index >= 15 is 0 Å². The largest absolute Gasteiger partial charge is 0.467 e. The van der Waals surface area contributed by atoms with Crippen LogP contribution in [0.25, 0.3) is 0 Å². The van der Waals surface area contributed by atoms with Crippen LogP contribution in [-0.4, -0.2) is 17.5 Å². The molecule has 1 aromatic carbocycles. The lowest BCUT2D eigenvalue weighted by Crippen LogP contribution is -2.66. The van der Waals surface area contributed by atoms with E-state index in [0.29, 0.717) is 24.3 Å². The molecule has 3 aliphatic carbocycles. The van der Waals surface area contributed by atoms with E-state index in [1.54, 1.807) is 17.4 Å². The van der Waals surface area contributed by atoms with Gasteiger partial charge in [0.15, 0.2) is 5.72 Å². The summed E-state index contributed by atoms with van der Waals surface area (Å²) in [6.45, 7) is 0.593. The molecule has 6 rings (SSSR count). The highest BCUT2D eigenvalue weighted by molar-refractivity contribution is 7.09. The zero-order valence-electron chi connectivity index (χ0n) is 14.9. The first-order chi connectivity index (χ1) is 13.1. The monoisotopic (exact) mass is 382 g/mol. The van der Waals surface area contributed by atoms with E-state index in [9.17, 15) is 9.59 Å². The molecule has 1 aromatic heterocycles. The fourth-order valence-electron chi connectivity index (χ4n) is 5.00. The summed E-state index contributed by atoms with van der Waals surface area (Å²) >= 11 is 1.66. The van der Waals surface area contributed by atoms with Crippen molar-refractivity contribution in [3.05, 3.63) is 52.2 Å². The molecular weight excluding hydrogens is 360 g/mol. The van der Waals surface area contributed by atoms with Crippen LogP contribution < -0.4 is 15.4 Å². The molecule has 4 atom stereocenters. The van der Waals surface area contributed by atoms with Crippen molar-refractivity contribution in [2.24, 2.45) is 17.8 Å². The Hall–Kier alpha value is -2.34. The highest BCUT2D eigenvalue weighted by Crippen LogP contribution is 2.52. The van der Waals surface area contributed by atoms with Crippen molar-refractivity contribution in [3.63, 3.8) is 0 Å². The van der Waals surface area contributed by atoms with Gasteiger partial charge in [0.05, 0.1) is 12.1 Å². The van der Waals surface area contributed by atoms with Crippen molar-refractivity contribution in [1.82, 2.24) is 10.6 Å². The van der Waals surface area contributed by atoms with Crippen LogP contribution in [0.15, 0.2) is 41.8 Å². The Morgan fingerprint density at radius 2 is 2.15 bits per heavy atom. The lowest BCUT2D eigenvalue weighted by Gasteiger charge is -2.55. The average molecular weight is 382 g/mol. The van der Waals surface area contributed by atoms with Crippen molar-refractivity contribution in [2.45, 2.75) is 38.0 Å². The van der Waals surface area contributed by atoms with Gasteiger partial charge in [0.2, 0.25) is 5.91 Å². The number of thiophene rings is 1. The summed E-state index contributed by atoms with van der Waals surface area (Å²) < 4.78 is 6.35. The Morgan fingerprint density at radius 3 is 2.93 bits per heavy atom. The maximum atomic E-state index is 12.8. The van der Waals surface area contributed by atoms with Gasteiger partial charge in [0, 0.05) is 23.1 Å². The molecule has 2 amide bonds. The number of hydrogen-bond donors (Lipinski definition) is 2. The van der Waals surface area contributed by atoms with Crippen molar-refractivity contribution < 1.29 is 14.3 Å². The zero-order chi connectivity index (χ0) is 18.4. The van der Waals surface area contributed by atoms with E-state index < -0.39 is 5.72 Å². The molecule has 4 aliphatic rings. The third-order valence-electron chi connectivity index (χ3n) is 6.32. The summed E-state index contributed by atoms with van der Waals surface area (Å²) in [5.41, 5.74) is -0.0615. The first-order valence-corrected chi connectivity index (χ1v) is 10.4. The molecule has 5 nitrogen and oxygen atoms in total. The van der Waals surface area contributed by atoms with E-state index in [1.807, 2.05) is 35.7 Å². The highest BCUT2D eigenvalue weighted by atomic mass is 32.1. The highest BCUT2D eigenvalue weighted by Gasteiger charge is 2.57. The molecule has 3 saturated carbocycles. The summed E-state index contributed by atoms with van der Waals surface area (Å²) in [5.74, 6) is 1.14. The summed E-state index contributed by atoms with van der Waals surface area (Å²) in [7, 11) is 0. The van der Waals surface area contributed by atoms with Crippen molar-refractivity contribution in [3.8, 4) is 5.75 Å².